The maximum absolute atomic E-state index is 12.2. The number of ether oxygens (including phenoxy) is 1. The van der Waals surface area contributed by atoms with Crippen molar-refractivity contribution in [2.45, 2.75) is 25.9 Å². The molecule has 1 aliphatic rings. The Balaban J connectivity index is 1.94. The molecule has 5 nitrogen and oxygen atoms in total. The fraction of sp³-hybridized carbons (Fsp3) is 0.611. The summed E-state index contributed by atoms with van der Waals surface area (Å²) < 4.78 is 5.05. The molecule has 1 fully saturated rings. The van der Waals surface area contributed by atoms with Crippen LogP contribution in [0.2, 0.25) is 0 Å². The molecule has 0 aromatic heterocycles. The highest BCUT2D eigenvalue weighted by Gasteiger charge is 2.30. The van der Waals surface area contributed by atoms with Crippen molar-refractivity contribution in [3.8, 4) is 0 Å². The van der Waals surface area contributed by atoms with Gasteiger partial charge in [0.25, 0.3) is 0 Å². The molecule has 128 valence electrons. The Labute approximate surface area is 138 Å². The smallest absolute Gasteiger partial charge is 0.225 e. The average molecular weight is 320 g/mol. The molecule has 3 unspecified atom stereocenters. The predicted molar refractivity (Wildman–Crippen MR) is 89.9 cm³/mol. The van der Waals surface area contributed by atoms with Gasteiger partial charge in [-0.05, 0) is 18.5 Å². The number of hydrogen-bond donors (Lipinski definition) is 2. The number of carbonyl (C=O) groups is 1. The average Bonchev–Trinajstić information content (AvgIpc) is 2.56. The Hall–Kier alpha value is -1.43. The van der Waals surface area contributed by atoms with E-state index in [4.69, 9.17) is 4.74 Å². The standard InChI is InChI=1S/C18H28N2O3/c1-14(13-23-2)18(22)19-17-11-20(9-8-16(17)12-21)10-15-6-4-3-5-7-15/h3-7,14,16-17,21H,8-13H2,1-2H3,(H,19,22). The van der Waals surface area contributed by atoms with Crippen LogP contribution in [0.3, 0.4) is 0 Å². The van der Waals surface area contributed by atoms with Gasteiger partial charge in [0.2, 0.25) is 5.91 Å². The summed E-state index contributed by atoms with van der Waals surface area (Å²) in [5.74, 6) is -0.0542. The highest BCUT2D eigenvalue weighted by atomic mass is 16.5. The van der Waals surface area contributed by atoms with Crippen molar-refractivity contribution < 1.29 is 14.6 Å². The zero-order chi connectivity index (χ0) is 16.7. The van der Waals surface area contributed by atoms with Crippen molar-refractivity contribution in [3.05, 3.63) is 35.9 Å². The van der Waals surface area contributed by atoms with E-state index in [-0.39, 0.29) is 30.4 Å². The van der Waals surface area contributed by atoms with Crippen LogP contribution in [-0.2, 0) is 16.1 Å². The normalized spacial score (nSPS) is 23.4. The third kappa shape index (κ3) is 5.30. The van der Waals surface area contributed by atoms with E-state index in [0.29, 0.717) is 6.61 Å². The lowest BCUT2D eigenvalue weighted by Gasteiger charge is -2.38. The van der Waals surface area contributed by atoms with Gasteiger partial charge >= 0.3 is 0 Å². The van der Waals surface area contributed by atoms with Gasteiger partial charge in [-0.1, -0.05) is 37.3 Å². The van der Waals surface area contributed by atoms with E-state index in [1.807, 2.05) is 25.1 Å². The number of nitrogens with zero attached hydrogens (tertiary/aromatic N) is 1. The first-order valence-electron chi connectivity index (χ1n) is 8.30. The number of hydrogen-bond acceptors (Lipinski definition) is 4. The molecule has 2 rings (SSSR count). The number of aliphatic hydroxyl groups is 1. The molecule has 0 radical (unpaired) electrons. The van der Waals surface area contributed by atoms with Gasteiger partial charge in [-0.2, -0.15) is 0 Å². The van der Waals surface area contributed by atoms with Crippen LogP contribution in [0, 0.1) is 11.8 Å². The third-order valence-electron chi connectivity index (χ3n) is 4.52. The summed E-state index contributed by atoms with van der Waals surface area (Å²) in [4.78, 5) is 14.6. The molecule has 1 aromatic carbocycles. The summed E-state index contributed by atoms with van der Waals surface area (Å²) in [5, 5.41) is 12.7. The Morgan fingerprint density at radius 3 is 2.83 bits per heavy atom. The number of piperidine rings is 1. The van der Waals surface area contributed by atoms with Gasteiger partial charge < -0.3 is 15.2 Å². The number of carbonyl (C=O) groups excluding carboxylic acids is 1. The van der Waals surface area contributed by atoms with Crippen LogP contribution in [0.1, 0.15) is 18.9 Å². The zero-order valence-electron chi connectivity index (χ0n) is 14.1. The van der Waals surface area contributed by atoms with Crippen molar-refractivity contribution in [1.82, 2.24) is 10.2 Å². The second-order valence-electron chi connectivity index (χ2n) is 6.42. The molecule has 1 saturated heterocycles. The lowest BCUT2D eigenvalue weighted by molar-refractivity contribution is -0.127. The largest absolute Gasteiger partial charge is 0.396 e. The first-order valence-corrected chi connectivity index (χ1v) is 8.30. The molecule has 1 heterocycles. The van der Waals surface area contributed by atoms with Gasteiger partial charge in [0.15, 0.2) is 0 Å². The summed E-state index contributed by atoms with van der Waals surface area (Å²) in [6.45, 7) is 4.97. The fourth-order valence-corrected chi connectivity index (χ4v) is 3.09. The molecule has 3 atom stereocenters. The first kappa shape index (κ1) is 17.9. The van der Waals surface area contributed by atoms with Gasteiger partial charge in [-0.15, -0.1) is 0 Å². The van der Waals surface area contributed by atoms with E-state index in [2.05, 4.69) is 22.3 Å². The SMILES string of the molecule is COCC(C)C(=O)NC1CN(Cc2ccccc2)CCC1CO. The molecule has 1 amide bonds. The Morgan fingerprint density at radius 1 is 1.43 bits per heavy atom. The topological polar surface area (TPSA) is 61.8 Å². The molecule has 0 spiro atoms. The number of amides is 1. The Kier molecular flexibility index (Phi) is 7.02. The Bertz CT molecular complexity index is 480. The van der Waals surface area contributed by atoms with Crippen molar-refractivity contribution in [1.29, 1.82) is 0 Å². The van der Waals surface area contributed by atoms with E-state index < -0.39 is 0 Å². The zero-order valence-corrected chi connectivity index (χ0v) is 14.1. The van der Waals surface area contributed by atoms with Gasteiger partial charge in [0, 0.05) is 38.8 Å². The minimum absolute atomic E-state index is 0.00291. The van der Waals surface area contributed by atoms with Crippen LogP contribution >= 0.6 is 0 Å². The van der Waals surface area contributed by atoms with Crippen LogP contribution in [0.4, 0.5) is 0 Å². The number of rotatable bonds is 7. The molecular weight excluding hydrogens is 292 g/mol. The number of benzene rings is 1. The maximum Gasteiger partial charge on any atom is 0.225 e. The van der Waals surface area contributed by atoms with Crippen LogP contribution in [0.25, 0.3) is 0 Å². The predicted octanol–water partition coefficient (Wildman–Crippen LogP) is 1.27. The van der Waals surface area contributed by atoms with Gasteiger partial charge in [0.1, 0.15) is 0 Å². The van der Waals surface area contributed by atoms with Crippen molar-refractivity contribution in [2.24, 2.45) is 11.8 Å². The molecular formula is C18H28N2O3. The first-order chi connectivity index (χ1) is 11.1. The number of methoxy groups -OCH3 is 1. The van der Waals surface area contributed by atoms with Crippen molar-refractivity contribution >= 4 is 5.91 Å². The quantitative estimate of drug-likeness (QED) is 0.794. The highest BCUT2D eigenvalue weighted by Crippen LogP contribution is 2.20. The maximum atomic E-state index is 12.2. The number of aliphatic hydroxyl groups excluding tert-OH is 1. The number of nitrogens with one attached hydrogen (secondary N) is 1. The fourth-order valence-electron chi connectivity index (χ4n) is 3.09. The van der Waals surface area contributed by atoms with Gasteiger partial charge in [0.05, 0.1) is 12.5 Å². The highest BCUT2D eigenvalue weighted by molar-refractivity contribution is 5.78. The summed E-state index contributed by atoms with van der Waals surface area (Å²) >= 11 is 0. The van der Waals surface area contributed by atoms with Gasteiger partial charge in [-0.25, -0.2) is 0 Å². The van der Waals surface area contributed by atoms with Crippen LogP contribution in [0.5, 0.6) is 0 Å². The van der Waals surface area contributed by atoms with E-state index in [9.17, 15) is 9.90 Å². The lowest BCUT2D eigenvalue weighted by atomic mass is 9.91. The molecule has 0 aliphatic carbocycles. The molecule has 1 aliphatic heterocycles. The minimum Gasteiger partial charge on any atom is -0.396 e. The van der Waals surface area contributed by atoms with Crippen LogP contribution in [0.15, 0.2) is 30.3 Å². The monoisotopic (exact) mass is 320 g/mol. The van der Waals surface area contributed by atoms with Crippen LogP contribution in [-0.4, -0.2) is 55.4 Å². The third-order valence-corrected chi connectivity index (χ3v) is 4.52. The second-order valence-corrected chi connectivity index (χ2v) is 6.42. The summed E-state index contributed by atoms with van der Waals surface area (Å²) in [6.07, 6.45) is 0.896. The molecule has 1 aromatic rings. The molecule has 2 N–H and O–H groups in total. The van der Waals surface area contributed by atoms with E-state index >= 15 is 0 Å². The summed E-state index contributed by atoms with van der Waals surface area (Å²) in [5.41, 5.74) is 1.27. The van der Waals surface area contributed by atoms with Gasteiger partial charge in [-0.3, -0.25) is 9.69 Å². The Morgan fingerprint density at radius 2 is 2.17 bits per heavy atom. The van der Waals surface area contributed by atoms with Crippen molar-refractivity contribution in [3.63, 3.8) is 0 Å². The second kappa shape index (κ2) is 9.01. The summed E-state index contributed by atoms with van der Waals surface area (Å²) in [7, 11) is 1.60. The number of likely N-dealkylation sites (tertiary alicyclic amines) is 1. The molecule has 5 heteroatoms. The van der Waals surface area contributed by atoms with Crippen LogP contribution < -0.4 is 5.32 Å². The summed E-state index contributed by atoms with van der Waals surface area (Å²) in [6, 6.07) is 10.3. The molecule has 23 heavy (non-hydrogen) atoms. The van der Waals surface area contributed by atoms with E-state index in [1.165, 1.54) is 5.56 Å². The molecule has 0 bridgehead atoms. The van der Waals surface area contributed by atoms with Crippen molar-refractivity contribution in [2.75, 3.05) is 33.4 Å². The minimum atomic E-state index is -0.177. The lowest BCUT2D eigenvalue weighted by Crippen LogP contribution is -2.54. The van der Waals surface area contributed by atoms with E-state index in [1.54, 1.807) is 7.11 Å². The molecule has 0 saturated carbocycles. The van der Waals surface area contributed by atoms with E-state index in [0.717, 1.165) is 26.1 Å².